The second-order valence-electron chi connectivity index (χ2n) is 11.7. The zero-order valence-electron chi connectivity index (χ0n) is 27.2. The molecular formula is C34H59NO7. The third-order valence-electron chi connectivity index (χ3n) is 6.77. The first-order valence-electron chi connectivity index (χ1n) is 16.0. The van der Waals surface area contributed by atoms with Gasteiger partial charge in [0.1, 0.15) is 12.6 Å². The van der Waals surface area contributed by atoms with Gasteiger partial charge in [0, 0.05) is 19.3 Å². The van der Waals surface area contributed by atoms with Crippen molar-refractivity contribution in [3.63, 3.8) is 0 Å². The number of allylic oxidation sites excluding steroid dienone is 6. The number of esters is 2. The number of nitrogens with zero attached hydrogens (tertiary/aromatic N) is 1. The van der Waals surface area contributed by atoms with Crippen LogP contribution >= 0.6 is 0 Å². The molecule has 0 saturated carbocycles. The van der Waals surface area contributed by atoms with Crippen LogP contribution in [0.2, 0.25) is 0 Å². The number of hydrogen-bond donors (Lipinski definition) is 0. The molecule has 0 aliphatic rings. The summed E-state index contributed by atoms with van der Waals surface area (Å²) in [5.41, 5.74) is 0. The van der Waals surface area contributed by atoms with Crippen molar-refractivity contribution in [2.75, 3.05) is 41.0 Å². The summed E-state index contributed by atoms with van der Waals surface area (Å²) in [5.74, 6) is -1.85. The van der Waals surface area contributed by atoms with Gasteiger partial charge in [0.25, 0.3) is 0 Å². The molecule has 0 aromatic heterocycles. The quantitative estimate of drug-likeness (QED) is 0.0510. The van der Waals surface area contributed by atoms with Crippen LogP contribution in [0.4, 0.5) is 0 Å². The Labute approximate surface area is 255 Å². The number of unbranched alkanes of at least 4 members (excludes halogenated alkanes) is 7. The van der Waals surface area contributed by atoms with E-state index in [1.54, 1.807) is 21.1 Å². The molecule has 0 radical (unpaired) electrons. The number of likely N-dealkylation sites (N-methyl/N-ethyl adjacent to an activating group) is 1. The lowest BCUT2D eigenvalue weighted by Gasteiger charge is -2.34. The minimum atomic E-state index is -1.14. The first kappa shape index (κ1) is 39.5. The van der Waals surface area contributed by atoms with Gasteiger partial charge in [-0.2, -0.15) is 0 Å². The molecule has 0 saturated heterocycles. The van der Waals surface area contributed by atoms with Gasteiger partial charge in [0.05, 0.1) is 40.3 Å². The smallest absolute Gasteiger partial charge is 0.306 e. The maximum absolute atomic E-state index is 12.5. The molecule has 2 unspecified atom stereocenters. The fraction of sp³-hybridized carbons (Fsp3) is 0.735. The largest absolute Gasteiger partial charge is 0.544 e. The van der Waals surface area contributed by atoms with Crippen LogP contribution in [0, 0.1) is 0 Å². The lowest BCUT2D eigenvalue weighted by molar-refractivity contribution is -0.889. The Morgan fingerprint density at radius 2 is 1.38 bits per heavy atom. The van der Waals surface area contributed by atoms with E-state index < -0.39 is 18.1 Å². The number of carbonyl (C=O) groups excluding carboxylic acids is 3. The van der Waals surface area contributed by atoms with Gasteiger partial charge in [0.15, 0.2) is 6.10 Å². The molecule has 0 fully saturated rings. The average molecular weight is 594 g/mol. The highest BCUT2D eigenvalue weighted by atomic mass is 16.6. The molecule has 0 heterocycles. The van der Waals surface area contributed by atoms with E-state index in [0.717, 1.165) is 57.8 Å². The van der Waals surface area contributed by atoms with Crippen LogP contribution in [0.5, 0.6) is 0 Å². The van der Waals surface area contributed by atoms with Crippen LogP contribution in [0.15, 0.2) is 36.5 Å². The Hall–Kier alpha value is -2.45. The van der Waals surface area contributed by atoms with Crippen molar-refractivity contribution in [1.29, 1.82) is 0 Å². The van der Waals surface area contributed by atoms with Crippen molar-refractivity contribution >= 4 is 17.9 Å². The van der Waals surface area contributed by atoms with Crippen LogP contribution in [-0.4, -0.2) is 75.5 Å². The SMILES string of the molecule is CC/C=C/C/C=C/CCC(=O)OCC(COCCC(C(=O)[O-])[N+](C)(C)C)OC(=O)CCCCCCC/C=C/CCCC. The van der Waals surface area contributed by atoms with Crippen LogP contribution in [0.3, 0.4) is 0 Å². The number of aliphatic carboxylic acids is 1. The van der Waals surface area contributed by atoms with E-state index in [9.17, 15) is 19.5 Å². The van der Waals surface area contributed by atoms with Crippen molar-refractivity contribution < 1.29 is 38.2 Å². The van der Waals surface area contributed by atoms with Crippen LogP contribution in [0.1, 0.15) is 110 Å². The average Bonchev–Trinajstić information content (AvgIpc) is 2.92. The Morgan fingerprint density at radius 1 is 0.738 bits per heavy atom. The number of ether oxygens (including phenoxy) is 3. The summed E-state index contributed by atoms with van der Waals surface area (Å²) in [6.07, 6.45) is 25.0. The number of quaternary nitrogens is 1. The molecule has 242 valence electrons. The van der Waals surface area contributed by atoms with Crippen molar-refractivity contribution in [3.05, 3.63) is 36.5 Å². The maximum Gasteiger partial charge on any atom is 0.306 e. The molecule has 42 heavy (non-hydrogen) atoms. The lowest BCUT2D eigenvalue weighted by Crippen LogP contribution is -2.55. The van der Waals surface area contributed by atoms with E-state index in [-0.39, 0.29) is 49.1 Å². The highest BCUT2D eigenvalue weighted by molar-refractivity contribution is 5.70. The topological polar surface area (TPSA) is 102 Å². The van der Waals surface area contributed by atoms with Crippen molar-refractivity contribution in [3.8, 4) is 0 Å². The van der Waals surface area contributed by atoms with Crippen molar-refractivity contribution in [2.45, 2.75) is 122 Å². The molecule has 0 spiro atoms. The molecule has 8 nitrogen and oxygen atoms in total. The number of rotatable bonds is 27. The zero-order valence-corrected chi connectivity index (χ0v) is 27.2. The summed E-state index contributed by atoms with van der Waals surface area (Å²) in [7, 11) is 5.36. The van der Waals surface area contributed by atoms with Gasteiger partial charge in [-0.25, -0.2) is 0 Å². The van der Waals surface area contributed by atoms with Gasteiger partial charge in [-0.3, -0.25) is 9.59 Å². The molecule has 8 heteroatoms. The van der Waals surface area contributed by atoms with E-state index in [4.69, 9.17) is 14.2 Å². The molecule has 0 aromatic carbocycles. The monoisotopic (exact) mass is 593 g/mol. The Morgan fingerprint density at radius 3 is 2.05 bits per heavy atom. The van der Waals surface area contributed by atoms with Crippen LogP contribution in [0.25, 0.3) is 0 Å². The van der Waals surface area contributed by atoms with Crippen molar-refractivity contribution in [1.82, 2.24) is 0 Å². The van der Waals surface area contributed by atoms with E-state index in [2.05, 4.69) is 38.2 Å². The number of hydrogen-bond acceptors (Lipinski definition) is 7. The maximum atomic E-state index is 12.5. The van der Waals surface area contributed by atoms with Gasteiger partial charge in [-0.15, -0.1) is 0 Å². The zero-order chi connectivity index (χ0) is 31.5. The summed E-state index contributed by atoms with van der Waals surface area (Å²) in [4.78, 5) is 36.2. The Bertz CT molecular complexity index is 798. The van der Waals surface area contributed by atoms with Crippen LogP contribution in [-0.2, 0) is 28.6 Å². The lowest BCUT2D eigenvalue weighted by atomic mass is 10.1. The second-order valence-corrected chi connectivity index (χ2v) is 11.7. The molecule has 0 N–H and O–H groups in total. The minimum absolute atomic E-state index is 0.0192. The molecule has 0 aliphatic carbocycles. The van der Waals surface area contributed by atoms with E-state index in [1.165, 1.54) is 12.8 Å². The fourth-order valence-electron chi connectivity index (χ4n) is 4.23. The van der Waals surface area contributed by atoms with E-state index in [1.807, 2.05) is 12.2 Å². The van der Waals surface area contributed by atoms with Gasteiger partial charge < -0.3 is 28.6 Å². The standard InChI is InChI=1S/C34H59NO7/c1-6-8-10-12-14-15-16-17-19-21-23-25-33(37)42-30(28-40-27-26-31(34(38)39)35(3,4)5)29-41-32(36)24-22-20-18-13-11-9-7-2/h9,11-12,14,18,20,30-31H,6-8,10,13,15-17,19,21-29H2,1-5H3/b11-9+,14-12+,20-18+. The molecular weight excluding hydrogens is 534 g/mol. The first-order valence-corrected chi connectivity index (χ1v) is 16.0. The number of carbonyl (C=O) groups is 3. The molecule has 0 aromatic rings. The molecule has 0 bridgehead atoms. The van der Waals surface area contributed by atoms with Gasteiger partial charge in [-0.1, -0.05) is 82.4 Å². The predicted molar refractivity (Wildman–Crippen MR) is 167 cm³/mol. The number of carboxylic acid groups (broad SMARTS) is 1. The van der Waals surface area contributed by atoms with Gasteiger partial charge >= 0.3 is 11.9 Å². The summed E-state index contributed by atoms with van der Waals surface area (Å²) in [5, 5.41) is 11.5. The van der Waals surface area contributed by atoms with E-state index >= 15 is 0 Å². The van der Waals surface area contributed by atoms with E-state index in [0.29, 0.717) is 12.8 Å². The third kappa shape index (κ3) is 24.2. The summed E-state index contributed by atoms with van der Waals surface area (Å²) >= 11 is 0. The minimum Gasteiger partial charge on any atom is -0.544 e. The normalized spacial score (nSPS) is 13.6. The molecule has 0 rings (SSSR count). The molecule has 0 amide bonds. The van der Waals surface area contributed by atoms with Crippen molar-refractivity contribution in [2.24, 2.45) is 0 Å². The highest BCUT2D eigenvalue weighted by Crippen LogP contribution is 2.11. The first-order chi connectivity index (χ1) is 20.1. The van der Waals surface area contributed by atoms with Gasteiger partial charge in [0.2, 0.25) is 0 Å². The van der Waals surface area contributed by atoms with Gasteiger partial charge in [-0.05, 0) is 44.9 Å². The van der Waals surface area contributed by atoms with Crippen LogP contribution < -0.4 is 5.11 Å². The summed E-state index contributed by atoms with van der Waals surface area (Å²) in [6.45, 7) is 4.36. The Balaban J connectivity index is 4.57. The highest BCUT2D eigenvalue weighted by Gasteiger charge is 2.25. The predicted octanol–water partition coefficient (Wildman–Crippen LogP) is 5.84. The second kappa shape index (κ2) is 26.2. The Kier molecular flexibility index (Phi) is 24.7. The molecule has 0 aliphatic heterocycles. The fourth-order valence-corrected chi connectivity index (χ4v) is 4.23. The molecule has 2 atom stereocenters. The summed E-state index contributed by atoms with van der Waals surface area (Å²) < 4.78 is 16.8. The number of carboxylic acids is 1. The summed E-state index contributed by atoms with van der Waals surface area (Å²) in [6, 6.07) is -0.730. The third-order valence-corrected chi connectivity index (χ3v) is 6.77.